The molecule has 0 N–H and O–H groups in total. The van der Waals surface area contributed by atoms with Crippen LogP contribution < -0.4 is 0 Å². The molecule has 0 aliphatic rings. The quantitative estimate of drug-likeness (QED) is 0.708. The van der Waals surface area contributed by atoms with E-state index in [1.54, 1.807) is 0 Å². The lowest BCUT2D eigenvalue weighted by molar-refractivity contribution is 0.0998. The first-order chi connectivity index (χ1) is 6.97. The molecule has 0 unspecified atom stereocenters. The molecule has 0 saturated carbocycles. The van der Waals surface area contributed by atoms with E-state index in [4.69, 9.17) is 5.26 Å². The molecular weight excluding hydrogens is 207 g/mol. The van der Waals surface area contributed by atoms with E-state index in [0.29, 0.717) is 12.1 Å². The summed E-state index contributed by atoms with van der Waals surface area (Å²) in [6, 6.07) is 2.84. The molecule has 0 atom stereocenters. The molecule has 78 valence electrons. The van der Waals surface area contributed by atoms with Crippen LogP contribution in [0, 0.1) is 17.1 Å². The van der Waals surface area contributed by atoms with Gasteiger partial charge in [-0.05, 0) is 19.1 Å². The molecule has 0 amide bonds. The Morgan fingerprint density at radius 1 is 1.47 bits per heavy atom. The largest absolute Gasteiger partial charge is 0.294 e. The molecule has 0 heterocycles. The summed E-state index contributed by atoms with van der Waals surface area (Å²) >= 11 is 0. The normalized spacial score (nSPS) is 10.1. The second-order valence-electron chi connectivity index (χ2n) is 2.88. The van der Waals surface area contributed by atoms with E-state index < -0.39 is 34.7 Å². The molecule has 0 fully saturated rings. The fourth-order valence-electron chi connectivity index (χ4n) is 1.24. The summed E-state index contributed by atoms with van der Waals surface area (Å²) in [4.78, 5) is 11.0. The molecule has 0 aromatic heterocycles. The number of hydrogen-bond acceptors (Lipinski definition) is 2. The topological polar surface area (TPSA) is 40.9 Å². The van der Waals surface area contributed by atoms with Crippen LogP contribution in [0.15, 0.2) is 12.1 Å². The molecule has 0 radical (unpaired) electrons. The third kappa shape index (κ3) is 2.15. The van der Waals surface area contributed by atoms with Gasteiger partial charge in [-0.1, -0.05) is 0 Å². The fraction of sp³-hybridized carbons (Fsp3) is 0.200. The van der Waals surface area contributed by atoms with Gasteiger partial charge in [-0.15, -0.1) is 0 Å². The first kappa shape index (κ1) is 11.2. The maximum Gasteiger partial charge on any atom is 0.265 e. The zero-order valence-electron chi connectivity index (χ0n) is 7.72. The maximum absolute atomic E-state index is 12.9. The van der Waals surface area contributed by atoms with Crippen LogP contribution in [-0.4, -0.2) is 5.78 Å². The average Bonchev–Trinajstić information content (AvgIpc) is 2.15. The van der Waals surface area contributed by atoms with E-state index in [-0.39, 0.29) is 0 Å². The molecule has 15 heavy (non-hydrogen) atoms. The molecule has 0 spiro atoms. The van der Waals surface area contributed by atoms with Gasteiger partial charge in [0.15, 0.2) is 5.78 Å². The summed E-state index contributed by atoms with van der Waals surface area (Å²) in [6.45, 7) is 1.04. The Hall–Kier alpha value is -1.83. The zero-order chi connectivity index (χ0) is 11.6. The highest BCUT2D eigenvalue weighted by atomic mass is 19.3. The molecule has 0 aliphatic heterocycles. The predicted molar refractivity (Wildman–Crippen MR) is 46.1 cm³/mol. The van der Waals surface area contributed by atoms with E-state index in [2.05, 4.69) is 0 Å². The molecular formula is C10H6F3NO. The summed E-state index contributed by atoms with van der Waals surface area (Å²) in [7, 11) is 0. The van der Waals surface area contributed by atoms with Crippen LogP contribution in [0.4, 0.5) is 13.2 Å². The van der Waals surface area contributed by atoms with Gasteiger partial charge in [0.25, 0.3) is 6.43 Å². The number of halogens is 3. The molecule has 0 aliphatic carbocycles. The van der Waals surface area contributed by atoms with Crippen molar-refractivity contribution in [2.24, 2.45) is 0 Å². The van der Waals surface area contributed by atoms with Crippen LogP contribution in [0.5, 0.6) is 0 Å². The minimum atomic E-state index is -2.97. The Kier molecular flexibility index (Phi) is 3.10. The van der Waals surface area contributed by atoms with E-state index in [0.717, 1.165) is 6.92 Å². The molecule has 1 aromatic rings. The minimum Gasteiger partial charge on any atom is -0.294 e. The summed E-state index contributed by atoms with van der Waals surface area (Å²) in [5.41, 5.74) is -1.65. The zero-order valence-corrected chi connectivity index (χ0v) is 7.72. The molecule has 1 aromatic carbocycles. The Labute approximate surface area is 83.9 Å². The first-order valence-electron chi connectivity index (χ1n) is 4.00. The molecule has 0 bridgehead atoms. The van der Waals surface area contributed by atoms with Crippen molar-refractivity contribution in [2.75, 3.05) is 0 Å². The van der Waals surface area contributed by atoms with Crippen molar-refractivity contribution in [3.63, 3.8) is 0 Å². The smallest absolute Gasteiger partial charge is 0.265 e. The van der Waals surface area contributed by atoms with Crippen molar-refractivity contribution in [1.29, 1.82) is 5.26 Å². The van der Waals surface area contributed by atoms with Crippen molar-refractivity contribution < 1.29 is 18.0 Å². The van der Waals surface area contributed by atoms with Crippen LogP contribution in [0.2, 0.25) is 0 Å². The van der Waals surface area contributed by atoms with Crippen LogP contribution >= 0.6 is 0 Å². The third-order valence-electron chi connectivity index (χ3n) is 1.86. The van der Waals surface area contributed by atoms with Crippen molar-refractivity contribution in [1.82, 2.24) is 0 Å². The summed E-state index contributed by atoms with van der Waals surface area (Å²) in [5, 5.41) is 8.54. The van der Waals surface area contributed by atoms with Gasteiger partial charge in [0.2, 0.25) is 0 Å². The van der Waals surface area contributed by atoms with E-state index in [9.17, 15) is 18.0 Å². The Morgan fingerprint density at radius 3 is 2.47 bits per heavy atom. The number of benzene rings is 1. The third-order valence-corrected chi connectivity index (χ3v) is 1.86. The molecule has 5 heteroatoms. The van der Waals surface area contributed by atoms with Gasteiger partial charge < -0.3 is 0 Å². The number of alkyl halides is 2. The summed E-state index contributed by atoms with van der Waals surface area (Å²) < 4.78 is 38.0. The van der Waals surface area contributed by atoms with E-state index in [1.807, 2.05) is 0 Å². The van der Waals surface area contributed by atoms with Crippen LogP contribution in [0.1, 0.15) is 34.8 Å². The fourth-order valence-corrected chi connectivity index (χ4v) is 1.24. The highest BCUT2D eigenvalue weighted by molar-refractivity contribution is 5.96. The lowest BCUT2D eigenvalue weighted by Gasteiger charge is -2.07. The summed E-state index contributed by atoms with van der Waals surface area (Å²) in [5.74, 6) is -1.57. The maximum atomic E-state index is 12.9. The number of hydrogen-bond donors (Lipinski definition) is 0. The monoisotopic (exact) mass is 213 g/mol. The second kappa shape index (κ2) is 4.13. The van der Waals surface area contributed by atoms with Crippen LogP contribution in [0.25, 0.3) is 0 Å². The van der Waals surface area contributed by atoms with Crippen LogP contribution in [0.3, 0.4) is 0 Å². The molecule has 2 nitrogen and oxygen atoms in total. The molecule has 1 rings (SSSR count). The lowest BCUT2D eigenvalue weighted by Crippen LogP contribution is -2.04. The van der Waals surface area contributed by atoms with Crippen molar-refractivity contribution in [3.05, 3.63) is 34.6 Å². The van der Waals surface area contributed by atoms with Gasteiger partial charge in [0.05, 0.1) is 11.6 Å². The number of Topliss-reactive ketones (excluding diaryl/α,β-unsaturated/α-hetero) is 1. The van der Waals surface area contributed by atoms with Gasteiger partial charge in [-0.3, -0.25) is 4.79 Å². The SMILES string of the molecule is CC(=O)c1cc(F)cc(C#N)c1C(F)F. The first-order valence-corrected chi connectivity index (χ1v) is 4.00. The van der Waals surface area contributed by atoms with Gasteiger partial charge in [0.1, 0.15) is 5.82 Å². The number of carbonyl (C=O) groups is 1. The number of nitrogens with zero attached hydrogens (tertiary/aromatic N) is 1. The Balaban J connectivity index is 3.56. The summed E-state index contributed by atoms with van der Waals surface area (Å²) in [6.07, 6.45) is -2.97. The van der Waals surface area contributed by atoms with Gasteiger partial charge in [-0.2, -0.15) is 5.26 Å². The van der Waals surface area contributed by atoms with Gasteiger partial charge in [-0.25, -0.2) is 13.2 Å². The average molecular weight is 213 g/mol. The van der Waals surface area contributed by atoms with Gasteiger partial charge in [0, 0.05) is 11.1 Å². The lowest BCUT2D eigenvalue weighted by atomic mass is 9.99. The van der Waals surface area contributed by atoms with Crippen molar-refractivity contribution in [2.45, 2.75) is 13.3 Å². The minimum absolute atomic E-state index is 0.443. The number of carbonyl (C=O) groups excluding carboxylic acids is 1. The predicted octanol–water partition coefficient (Wildman–Crippen LogP) is 2.84. The van der Waals surface area contributed by atoms with Crippen molar-refractivity contribution >= 4 is 5.78 Å². The Bertz CT molecular complexity index is 449. The standard InChI is InChI=1S/C10H6F3NO/c1-5(15)8-3-7(11)2-6(4-14)9(8)10(12)13/h2-3,10H,1H3. The van der Waals surface area contributed by atoms with E-state index in [1.165, 1.54) is 6.07 Å². The number of ketones is 1. The highest BCUT2D eigenvalue weighted by Gasteiger charge is 2.21. The van der Waals surface area contributed by atoms with Crippen LogP contribution in [-0.2, 0) is 0 Å². The van der Waals surface area contributed by atoms with Gasteiger partial charge >= 0.3 is 0 Å². The number of rotatable bonds is 2. The highest BCUT2D eigenvalue weighted by Crippen LogP contribution is 2.27. The number of nitriles is 1. The molecule has 0 saturated heterocycles. The van der Waals surface area contributed by atoms with E-state index >= 15 is 0 Å². The second-order valence-corrected chi connectivity index (χ2v) is 2.88. The Morgan fingerprint density at radius 2 is 2.07 bits per heavy atom. The van der Waals surface area contributed by atoms with Crippen molar-refractivity contribution in [3.8, 4) is 6.07 Å².